The summed E-state index contributed by atoms with van der Waals surface area (Å²) in [4.78, 5) is 14.5. The monoisotopic (exact) mass is 364 g/mol. The molecule has 1 aliphatic heterocycles. The third-order valence-electron chi connectivity index (χ3n) is 5.16. The lowest BCUT2D eigenvalue weighted by atomic mass is 10.1. The summed E-state index contributed by atoms with van der Waals surface area (Å²) in [7, 11) is 0. The maximum Gasteiger partial charge on any atom is 0.322 e. The molecule has 1 aromatic carbocycles. The predicted octanol–water partition coefficient (Wildman–Crippen LogP) is 2.93. The molecule has 2 amide bonds. The minimum atomic E-state index is -0.0908. The zero-order chi connectivity index (χ0) is 18.8. The number of carbonyl (C=O) groups is 1. The molecule has 0 saturated heterocycles. The van der Waals surface area contributed by atoms with Crippen molar-refractivity contribution in [2.75, 3.05) is 11.4 Å². The van der Waals surface area contributed by atoms with Crippen molar-refractivity contribution in [2.45, 2.75) is 39.8 Å². The molecular formula is C20H24N6O. The van der Waals surface area contributed by atoms with Crippen molar-refractivity contribution in [1.82, 2.24) is 25.3 Å². The standard InChI is InChI=1S/C20H24N6O/c1-14-17(15(2)26(24-14)13-16-7-4-3-5-8-16)11-21-20(27)25-10-6-9-18-19(25)12-22-23-18/h3-5,7-8,12H,6,9-11,13H2,1-2H3,(H,21,27)(H,22,23). The summed E-state index contributed by atoms with van der Waals surface area (Å²) in [6, 6.07) is 10.2. The fourth-order valence-electron chi connectivity index (χ4n) is 3.63. The average Bonchev–Trinajstić information content (AvgIpc) is 3.26. The number of nitrogens with zero attached hydrogens (tertiary/aromatic N) is 4. The Balaban J connectivity index is 1.45. The lowest BCUT2D eigenvalue weighted by Crippen LogP contribution is -2.42. The van der Waals surface area contributed by atoms with Crippen LogP contribution in [0.15, 0.2) is 36.5 Å². The van der Waals surface area contributed by atoms with Gasteiger partial charge in [-0.05, 0) is 32.3 Å². The van der Waals surface area contributed by atoms with Crippen LogP contribution in [0.5, 0.6) is 0 Å². The Labute approximate surface area is 158 Å². The van der Waals surface area contributed by atoms with Crippen LogP contribution in [0.2, 0.25) is 0 Å². The summed E-state index contributed by atoms with van der Waals surface area (Å²) in [5.41, 5.74) is 6.22. The second-order valence-electron chi connectivity index (χ2n) is 6.94. The number of anilines is 1. The molecule has 7 nitrogen and oxygen atoms in total. The van der Waals surface area contributed by atoms with Crippen LogP contribution < -0.4 is 10.2 Å². The smallest absolute Gasteiger partial charge is 0.322 e. The van der Waals surface area contributed by atoms with Crippen molar-refractivity contribution in [3.8, 4) is 0 Å². The number of rotatable bonds is 4. The van der Waals surface area contributed by atoms with Crippen LogP contribution in [0.25, 0.3) is 0 Å². The SMILES string of the molecule is Cc1nn(Cc2ccccc2)c(C)c1CNC(=O)N1CCCc2[nH]ncc21. The molecule has 0 aliphatic carbocycles. The fourth-order valence-corrected chi connectivity index (χ4v) is 3.63. The number of urea groups is 1. The number of benzene rings is 1. The number of fused-ring (bicyclic) bond motifs is 1. The highest BCUT2D eigenvalue weighted by atomic mass is 16.2. The maximum atomic E-state index is 12.7. The van der Waals surface area contributed by atoms with E-state index in [1.165, 1.54) is 5.56 Å². The van der Waals surface area contributed by atoms with Gasteiger partial charge < -0.3 is 5.32 Å². The average molecular weight is 364 g/mol. The predicted molar refractivity (Wildman–Crippen MR) is 104 cm³/mol. The van der Waals surface area contributed by atoms with Crippen molar-refractivity contribution in [1.29, 1.82) is 0 Å². The molecule has 0 fully saturated rings. The van der Waals surface area contributed by atoms with E-state index in [0.29, 0.717) is 13.1 Å². The van der Waals surface area contributed by atoms with Gasteiger partial charge >= 0.3 is 6.03 Å². The van der Waals surface area contributed by atoms with E-state index in [9.17, 15) is 4.79 Å². The molecule has 4 rings (SSSR count). The molecule has 0 radical (unpaired) electrons. The Morgan fingerprint density at radius 3 is 2.89 bits per heavy atom. The van der Waals surface area contributed by atoms with Gasteiger partial charge in [-0.3, -0.25) is 14.7 Å². The van der Waals surface area contributed by atoms with Gasteiger partial charge in [0.25, 0.3) is 0 Å². The number of aryl methyl sites for hydroxylation is 2. The minimum Gasteiger partial charge on any atom is -0.333 e. The second kappa shape index (κ2) is 7.26. The lowest BCUT2D eigenvalue weighted by molar-refractivity contribution is 0.245. The van der Waals surface area contributed by atoms with Crippen LogP contribution in [-0.2, 0) is 19.5 Å². The summed E-state index contributed by atoms with van der Waals surface area (Å²) in [5, 5.41) is 14.8. The van der Waals surface area contributed by atoms with E-state index in [1.54, 1.807) is 11.1 Å². The van der Waals surface area contributed by atoms with E-state index < -0.39 is 0 Å². The molecule has 2 aromatic heterocycles. The number of nitrogens with one attached hydrogen (secondary N) is 2. The maximum absolute atomic E-state index is 12.7. The number of hydrogen-bond acceptors (Lipinski definition) is 3. The Morgan fingerprint density at radius 2 is 2.07 bits per heavy atom. The quantitative estimate of drug-likeness (QED) is 0.747. The Kier molecular flexibility index (Phi) is 4.66. The Morgan fingerprint density at radius 1 is 1.26 bits per heavy atom. The number of aromatic nitrogens is 4. The third-order valence-corrected chi connectivity index (χ3v) is 5.16. The van der Waals surface area contributed by atoms with Gasteiger partial charge in [-0.25, -0.2) is 4.79 Å². The molecular weight excluding hydrogens is 340 g/mol. The van der Waals surface area contributed by atoms with E-state index in [4.69, 9.17) is 0 Å². The second-order valence-corrected chi connectivity index (χ2v) is 6.94. The van der Waals surface area contributed by atoms with E-state index in [-0.39, 0.29) is 6.03 Å². The zero-order valence-electron chi connectivity index (χ0n) is 15.7. The van der Waals surface area contributed by atoms with Crippen LogP contribution >= 0.6 is 0 Å². The molecule has 0 unspecified atom stereocenters. The summed E-state index contributed by atoms with van der Waals surface area (Å²) in [6.45, 7) is 5.95. The van der Waals surface area contributed by atoms with Gasteiger partial charge in [-0.15, -0.1) is 0 Å². The normalized spacial score (nSPS) is 13.5. The molecule has 140 valence electrons. The molecule has 7 heteroatoms. The molecule has 3 aromatic rings. The lowest BCUT2D eigenvalue weighted by Gasteiger charge is -2.26. The van der Waals surface area contributed by atoms with Gasteiger partial charge in [-0.2, -0.15) is 10.2 Å². The van der Waals surface area contributed by atoms with E-state index in [0.717, 1.165) is 47.7 Å². The van der Waals surface area contributed by atoms with Crippen LogP contribution in [0.4, 0.5) is 10.5 Å². The van der Waals surface area contributed by atoms with Gasteiger partial charge in [0.2, 0.25) is 0 Å². The van der Waals surface area contributed by atoms with Gasteiger partial charge in [0.15, 0.2) is 0 Å². The first kappa shape index (κ1) is 17.3. The zero-order valence-corrected chi connectivity index (χ0v) is 15.7. The first-order valence-electron chi connectivity index (χ1n) is 9.28. The molecule has 0 spiro atoms. The summed E-state index contributed by atoms with van der Waals surface area (Å²) < 4.78 is 2.00. The number of carbonyl (C=O) groups excluding carboxylic acids is 1. The number of H-pyrrole nitrogens is 1. The number of amides is 2. The van der Waals surface area contributed by atoms with Gasteiger partial charge in [0, 0.05) is 24.3 Å². The summed E-state index contributed by atoms with van der Waals surface area (Å²) in [6.07, 6.45) is 3.60. The first-order chi connectivity index (χ1) is 13.1. The van der Waals surface area contributed by atoms with Crippen molar-refractivity contribution in [2.24, 2.45) is 0 Å². The topological polar surface area (TPSA) is 78.8 Å². The van der Waals surface area contributed by atoms with E-state index >= 15 is 0 Å². The van der Waals surface area contributed by atoms with Crippen molar-refractivity contribution < 1.29 is 4.79 Å². The Bertz CT molecular complexity index is 943. The van der Waals surface area contributed by atoms with Crippen molar-refractivity contribution >= 4 is 11.7 Å². The van der Waals surface area contributed by atoms with Crippen LogP contribution in [-0.4, -0.2) is 32.6 Å². The van der Waals surface area contributed by atoms with E-state index in [1.807, 2.05) is 29.8 Å². The minimum absolute atomic E-state index is 0.0908. The number of aromatic amines is 1. The van der Waals surface area contributed by atoms with Gasteiger partial charge in [0.05, 0.1) is 29.8 Å². The molecule has 3 heterocycles. The molecule has 2 N–H and O–H groups in total. The molecule has 0 saturated carbocycles. The Hall–Kier alpha value is -3.09. The largest absolute Gasteiger partial charge is 0.333 e. The fraction of sp³-hybridized carbons (Fsp3) is 0.350. The summed E-state index contributed by atoms with van der Waals surface area (Å²) in [5.74, 6) is 0. The molecule has 0 bridgehead atoms. The highest BCUT2D eigenvalue weighted by Crippen LogP contribution is 2.24. The molecule has 1 aliphatic rings. The van der Waals surface area contributed by atoms with Crippen molar-refractivity contribution in [3.63, 3.8) is 0 Å². The van der Waals surface area contributed by atoms with Crippen molar-refractivity contribution in [3.05, 3.63) is 64.7 Å². The van der Waals surface area contributed by atoms with Crippen LogP contribution in [0, 0.1) is 13.8 Å². The molecule has 27 heavy (non-hydrogen) atoms. The van der Waals surface area contributed by atoms with Gasteiger partial charge in [0.1, 0.15) is 0 Å². The third kappa shape index (κ3) is 3.45. The highest BCUT2D eigenvalue weighted by molar-refractivity contribution is 5.92. The van der Waals surface area contributed by atoms with E-state index in [2.05, 4.69) is 39.7 Å². The van der Waals surface area contributed by atoms with Gasteiger partial charge in [-0.1, -0.05) is 30.3 Å². The molecule has 0 atom stereocenters. The van der Waals surface area contributed by atoms with Crippen LogP contribution in [0.1, 0.15) is 34.6 Å². The number of hydrogen-bond donors (Lipinski definition) is 2. The first-order valence-corrected chi connectivity index (χ1v) is 9.28. The summed E-state index contributed by atoms with van der Waals surface area (Å²) >= 11 is 0. The highest BCUT2D eigenvalue weighted by Gasteiger charge is 2.24. The van der Waals surface area contributed by atoms with Crippen LogP contribution in [0.3, 0.4) is 0 Å².